The molecule has 0 aromatic carbocycles. The van der Waals surface area contributed by atoms with E-state index in [1.54, 1.807) is 0 Å². The minimum Gasteiger partial charge on any atom is -0.296 e. The number of hydrogen-bond acceptors (Lipinski definition) is 5. The number of thiophene rings is 1. The first-order valence-electron chi connectivity index (χ1n) is 4.54. The largest absolute Gasteiger partial charge is 0.296 e. The summed E-state index contributed by atoms with van der Waals surface area (Å²) in [6.07, 6.45) is 0. The molecule has 6 nitrogen and oxygen atoms in total. The van der Waals surface area contributed by atoms with Crippen LogP contribution in [0.25, 0.3) is 10.7 Å². The van der Waals surface area contributed by atoms with Gasteiger partial charge in [0.2, 0.25) is 0 Å². The molecular formula is C8H10N4O2S2. The molecule has 0 bridgehead atoms. The Bertz CT molecular complexity index is 586. The van der Waals surface area contributed by atoms with Crippen molar-refractivity contribution in [3.63, 3.8) is 0 Å². The maximum atomic E-state index is 11.3. The summed E-state index contributed by atoms with van der Waals surface area (Å²) in [5.74, 6) is 0.529. The van der Waals surface area contributed by atoms with Gasteiger partial charge in [-0.15, -0.1) is 21.5 Å². The SMILES string of the molecule is CCn1c(-c2cccs2)nnc1S(N)(=O)=O. The van der Waals surface area contributed by atoms with E-state index in [1.807, 2.05) is 24.4 Å². The van der Waals surface area contributed by atoms with Crippen molar-refractivity contribution in [1.29, 1.82) is 0 Å². The Morgan fingerprint density at radius 3 is 2.75 bits per heavy atom. The van der Waals surface area contributed by atoms with Crippen molar-refractivity contribution in [2.45, 2.75) is 18.6 Å². The van der Waals surface area contributed by atoms with Gasteiger partial charge < -0.3 is 0 Å². The summed E-state index contributed by atoms with van der Waals surface area (Å²) in [7, 11) is -3.82. The molecule has 0 unspecified atom stereocenters. The molecule has 2 N–H and O–H groups in total. The smallest absolute Gasteiger partial charge is 0.273 e. The first-order chi connectivity index (χ1) is 7.54. The van der Waals surface area contributed by atoms with Crippen molar-refractivity contribution in [3.05, 3.63) is 17.5 Å². The third-order valence-corrected chi connectivity index (χ3v) is 3.71. The topological polar surface area (TPSA) is 90.9 Å². The van der Waals surface area contributed by atoms with Gasteiger partial charge in [-0.2, -0.15) is 0 Å². The molecule has 0 aliphatic carbocycles. The van der Waals surface area contributed by atoms with Gasteiger partial charge in [-0.3, -0.25) is 4.57 Å². The molecule has 0 radical (unpaired) electrons. The lowest BCUT2D eigenvalue weighted by Gasteiger charge is -2.03. The number of aromatic nitrogens is 3. The maximum absolute atomic E-state index is 11.3. The molecule has 0 spiro atoms. The molecular weight excluding hydrogens is 248 g/mol. The zero-order valence-corrected chi connectivity index (χ0v) is 10.1. The molecule has 0 amide bonds. The number of primary sulfonamides is 1. The Labute approximate surface area is 96.8 Å². The molecule has 2 rings (SSSR count). The van der Waals surface area contributed by atoms with Crippen molar-refractivity contribution >= 4 is 21.4 Å². The van der Waals surface area contributed by atoms with Crippen molar-refractivity contribution in [1.82, 2.24) is 14.8 Å². The first-order valence-corrected chi connectivity index (χ1v) is 6.96. The van der Waals surface area contributed by atoms with Gasteiger partial charge in [0, 0.05) is 6.54 Å². The summed E-state index contributed by atoms with van der Waals surface area (Å²) < 4.78 is 24.0. The van der Waals surface area contributed by atoms with Gasteiger partial charge in [0.1, 0.15) is 0 Å². The van der Waals surface area contributed by atoms with Crippen LogP contribution in [0.3, 0.4) is 0 Å². The molecule has 0 atom stereocenters. The van der Waals surface area contributed by atoms with Crippen LogP contribution in [0.1, 0.15) is 6.92 Å². The quantitative estimate of drug-likeness (QED) is 0.876. The third-order valence-electron chi connectivity index (χ3n) is 2.03. The van der Waals surface area contributed by atoms with E-state index in [2.05, 4.69) is 10.2 Å². The molecule has 0 aliphatic rings. The molecule has 86 valence electrons. The van der Waals surface area contributed by atoms with Crippen LogP contribution < -0.4 is 5.14 Å². The van der Waals surface area contributed by atoms with E-state index in [1.165, 1.54) is 15.9 Å². The predicted octanol–water partition coefficient (Wildman–Crippen LogP) is 0.674. The molecule has 2 aromatic rings. The Kier molecular flexibility index (Phi) is 2.78. The van der Waals surface area contributed by atoms with Gasteiger partial charge >= 0.3 is 0 Å². The van der Waals surface area contributed by atoms with Crippen LogP contribution in [0.4, 0.5) is 0 Å². The number of nitrogens with zero attached hydrogens (tertiary/aromatic N) is 3. The van der Waals surface area contributed by atoms with Crippen LogP contribution in [0.2, 0.25) is 0 Å². The third kappa shape index (κ3) is 1.86. The molecule has 0 aliphatic heterocycles. The van der Waals surface area contributed by atoms with Crippen LogP contribution in [-0.4, -0.2) is 23.2 Å². The summed E-state index contributed by atoms with van der Waals surface area (Å²) in [6, 6.07) is 3.72. The van der Waals surface area contributed by atoms with Crippen molar-refractivity contribution in [2.24, 2.45) is 5.14 Å². The Balaban J connectivity index is 2.63. The zero-order chi connectivity index (χ0) is 11.8. The summed E-state index contributed by atoms with van der Waals surface area (Å²) in [4.78, 5) is 0.865. The van der Waals surface area contributed by atoms with Gasteiger partial charge in [0.15, 0.2) is 5.82 Å². The van der Waals surface area contributed by atoms with Gasteiger partial charge in [0.25, 0.3) is 15.2 Å². The molecule has 0 saturated heterocycles. The van der Waals surface area contributed by atoms with E-state index >= 15 is 0 Å². The summed E-state index contributed by atoms with van der Waals surface area (Å²) in [5, 5.41) is 14.2. The van der Waals surface area contributed by atoms with Gasteiger partial charge in [0.05, 0.1) is 4.88 Å². The summed E-state index contributed by atoms with van der Waals surface area (Å²) >= 11 is 1.47. The molecule has 2 aromatic heterocycles. The van der Waals surface area contributed by atoms with E-state index in [0.717, 1.165) is 4.88 Å². The highest BCUT2D eigenvalue weighted by molar-refractivity contribution is 7.89. The van der Waals surface area contributed by atoms with Crippen LogP contribution in [0.5, 0.6) is 0 Å². The fraction of sp³-hybridized carbons (Fsp3) is 0.250. The molecule has 2 heterocycles. The van der Waals surface area contributed by atoms with Crippen LogP contribution >= 0.6 is 11.3 Å². The Hall–Kier alpha value is -1.25. The average Bonchev–Trinajstić information content (AvgIpc) is 2.84. The van der Waals surface area contributed by atoms with Crippen LogP contribution in [-0.2, 0) is 16.6 Å². The van der Waals surface area contributed by atoms with Gasteiger partial charge in [-0.25, -0.2) is 13.6 Å². The monoisotopic (exact) mass is 258 g/mol. The molecule has 0 fully saturated rings. The van der Waals surface area contributed by atoms with E-state index in [0.29, 0.717) is 12.4 Å². The second-order valence-corrected chi connectivity index (χ2v) is 5.48. The highest BCUT2D eigenvalue weighted by Gasteiger charge is 2.21. The second-order valence-electron chi connectivity index (χ2n) is 3.07. The maximum Gasteiger partial charge on any atom is 0.273 e. The van der Waals surface area contributed by atoms with E-state index in [-0.39, 0.29) is 5.16 Å². The first kappa shape index (κ1) is 11.2. The number of hydrogen-bond donors (Lipinski definition) is 1. The van der Waals surface area contributed by atoms with E-state index in [4.69, 9.17) is 5.14 Å². The Morgan fingerprint density at radius 1 is 1.50 bits per heavy atom. The fourth-order valence-electron chi connectivity index (χ4n) is 1.37. The van der Waals surface area contributed by atoms with Crippen molar-refractivity contribution in [2.75, 3.05) is 0 Å². The fourth-order valence-corrected chi connectivity index (χ4v) is 2.77. The van der Waals surface area contributed by atoms with Gasteiger partial charge in [-0.1, -0.05) is 6.07 Å². The van der Waals surface area contributed by atoms with Crippen molar-refractivity contribution in [3.8, 4) is 10.7 Å². The lowest BCUT2D eigenvalue weighted by molar-refractivity contribution is 0.571. The lowest BCUT2D eigenvalue weighted by Crippen LogP contribution is -2.18. The van der Waals surface area contributed by atoms with Gasteiger partial charge in [-0.05, 0) is 18.4 Å². The standard InChI is InChI=1S/C8H10N4O2S2/c1-2-12-7(6-4-3-5-15-6)10-11-8(12)16(9,13)14/h3-5H,2H2,1H3,(H2,9,13,14). The van der Waals surface area contributed by atoms with Crippen LogP contribution in [0.15, 0.2) is 22.7 Å². The average molecular weight is 258 g/mol. The summed E-state index contributed by atoms with van der Waals surface area (Å²) in [5.41, 5.74) is 0. The van der Waals surface area contributed by atoms with Crippen LogP contribution in [0, 0.1) is 0 Å². The number of nitrogens with two attached hydrogens (primary N) is 1. The van der Waals surface area contributed by atoms with E-state index in [9.17, 15) is 8.42 Å². The number of sulfonamides is 1. The summed E-state index contributed by atoms with van der Waals surface area (Å²) in [6.45, 7) is 2.27. The number of rotatable bonds is 3. The Morgan fingerprint density at radius 2 is 2.25 bits per heavy atom. The van der Waals surface area contributed by atoms with Crippen molar-refractivity contribution < 1.29 is 8.42 Å². The van der Waals surface area contributed by atoms with E-state index < -0.39 is 10.0 Å². The second kappa shape index (κ2) is 3.96. The highest BCUT2D eigenvalue weighted by atomic mass is 32.2. The lowest BCUT2D eigenvalue weighted by atomic mass is 10.4. The molecule has 0 saturated carbocycles. The minimum atomic E-state index is -3.82. The predicted molar refractivity (Wildman–Crippen MR) is 60.4 cm³/mol. The normalized spacial score (nSPS) is 11.9. The molecule has 8 heteroatoms. The molecule has 16 heavy (non-hydrogen) atoms. The highest BCUT2D eigenvalue weighted by Crippen LogP contribution is 2.24. The zero-order valence-electron chi connectivity index (χ0n) is 8.49. The minimum absolute atomic E-state index is 0.196.